The maximum Gasteiger partial charge on any atom is 0.223 e. The van der Waals surface area contributed by atoms with Crippen molar-refractivity contribution in [1.82, 2.24) is 10.2 Å². The van der Waals surface area contributed by atoms with Crippen LogP contribution in [0.5, 0.6) is 0 Å². The molecular weight excluding hydrogens is 228 g/mol. The zero-order chi connectivity index (χ0) is 12.6. The van der Waals surface area contributed by atoms with Gasteiger partial charge in [-0.25, -0.2) is 0 Å². The van der Waals surface area contributed by atoms with Gasteiger partial charge in [-0.05, 0) is 5.56 Å². The molecule has 4 heteroatoms. The van der Waals surface area contributed by atoms with Crippen molar-refractivity contribution in [2.24, 2.45) is 5.41 Å². The minimum Gasteiger partial charge on any atom is -0.355 e. The molecule has 2 aliphatic rings. The minimum absolute atomic E-state index is 0.0735. The molecule has 2 saturated heterocycles. The molecule has 18 heavy (non-hydrogen) atoms. The lowest BCUT2D eigenvalue weighted by molar-refractivity contribution is -0.128. The molecule has 1 N–H and O–H groups in total. The molecule has 0 radical (unpaired) electrons. The predicted molar refractivity (Wildman–Crippen MR) is 66.5 cm³/mol. The van der Waals surface area contributed by atoms with E-state index >= 15 is 0 Å². The Balaban J connectivity index is 1.72. The molecule has 2 fully saturated rings. The summed E-state index contributed by atoms with van der Waals surface area (Å²) in [6.45, 7) is 1.98. The Morgan fingerprint density at radius 3 is 2.61 bits per heavy atom. The van der Waals surface area contributed by atoms with Crippen LogP contribution in [0.25, 0.3) is 0 Å². The van der Waals surface area contributed by atoms with Crippen LogP contribution in [0.4, 0.5) is 0 Å². The van der Waals surface area contributed by atoms with Crippen molar-refractivity contribution in [2.75, 3.05) is 13.1 Å². The highest BCUT2D eigenvalue weighted by Gasteiger charge is 2.47. The highest BCUT2D eigenvalue weighted by molar-refractivity contribution is 5.85. The number of likely N-dealkylation sites (tertiary alicyclic amines) is 1. The van der Waals surface area contributed by atoms with Gasteiger partial charge in [-0.2, -0.15) is 0 Å². The maximum atomic E-state index is 12.0. The molecule has 1 aromatic carbocycles. The van der Waals surface area contributed by atoms with E-state index in [-0.39, 0.29) is 17.2 Å². The summed E-state index contributed by atoms with van der Waals surface area (Å²) in [7, 11) is 0. The summed E-state index contributed by atoms with van der Waals surface area (Å²) in [5, 5.41) is 2.84. The standard InChI is InChI=1S/C14H16N2O2/c17-12-6-14(9-15-12)7-13(18)16(10-14)8-11-4-2-1-3-5-11/h1-5H,6-10H2,(H,15,17)/t14-/m1/s1. The van der Waals surface area contributed by atoms with E-state index in [0.29, 0.717) is 32.5 Å². The van der Waals surface area contributed by atoms with Crippen LogP contribution in [0.15, 0.2) is 30.3 Å². The summed E-state index contributed by atoms with van der Waals surface area (Å²) in [5.74, 6) is 0.236. The van der Waals surface area contributed by atoms with Gasteiger partial charge in [0.05, 0.1) is 0 Å². The lowest BCUT2D eigenvalue weighted by Crippen LogP contribution is -2.29. The fourth-order valence-electron chi connectivity index (χ4n) is 2.92. The van der Waals surface area contributed by atoms with Gasteiger partial charge in [0, 0.05) is 37.9 Å². The van der Waals surface area contributed by atoms with Crippen LogP contribution in [-0.4, -0.2) is 29.8 Å². The van der Waals surface area contributed by atoms with Gasteiger partial charge in [0.2, 0.25) is 11.8 Å². The number of rotatable bonds is 2. The summed E-state index contributed by atoms with van der Waals surface area (Å²) < 4.78 is 0. The van der Waals surface area contributed by atoms with Gasteiger partial charge in [0.15, 0.2) is 0 Å². The van der Waals surface area contributed by atoms with Crippen LogP contribution in [0.1, 0.15) is 18.4 Å². The lowest BCUT2D eigenvalue weighted by atomic mass is 9.86. The van der Waals surface area contributed by atoms with E-state index in [2.05, 4.69) is 5.32 Å². The second-order valence-corrected chi connectivity index (χ2v) is 5.37. The van der Waals surface area contributed by atoms with Crippen LogP contribution >= 0.6 is 0 Å². The van der Waals surface area contributed by atoms with Crippen molar-refractivity contribution in [2.45, 2.75) is 19.4 Å². The van der Waals surface area contributed by atoms with E-state index in [4.69, 9.17) is 0 Å². The highest BCUT2D eigenvalue weighted by atomic mass is 16.2. The van der Waals surface area contributed by atoms with E-state index in [1.807, 2.05) is 35.2 Å². The first-order chi connectivity index (χ1) is 8.67. The number of nitrogens with one attached hydrogen (secondary N) is 1. The van der Waals surface area contributed by atoms with Gasteiger partial charge in [0.1, 0.15) is 0 Å². The Labute approximate surface area is 106 Å². The van der Waals surface area contributed by atoms with Crippen molar-refractivity contribution in [3.63, 3.8) is 0 Å². The Hall–Kier alpha value is -1.84. The average Bonchev–Trinajstić information content (AvgIpc) is 2.85. The van der Waals surface area contributed by atoms with Gasteiger partial charge < -0.3 is 10.2 Å². The summed E-state index contributed by atoms with van der Waals surface area (Å²) in [4.78, 5) is 25.2. The van der Waals surface area contributed by atoms with Gasteiger partial charge >= 0.3 is 0 Å². The molecule has 0 aromatic heterocycles. The van der Waals surface area contributed by atoms with E-state index < -0.39 is 0 Å². The predicted octanol–water partition coefficient (Wildman–Crippen LogP) is 0.925. The maximum absolute atomic E-state index is 12.0. The highest BCUT2D eigenvalue weighted by Crippen LogP contribution is 2.37. The van der Waals surface area contributed by atoms with E-state index in [9.17, 15) is 9.59 Å². The first-order valence-electron chi connectivity index (χ1n) is 6.25. The third-order valence-electron chi connectivity index (χ3n) is 3.82. The fraction of sp³-hybridized carbons (Fsp3) is 0.429. The summed E-state index contributed by atoms with van der Waals surface area (Å²) in [5.41, 5.74) is 0.989. The summed E-state index contributed by atoms with van der Waals surface area (Å²) >= 11 is 0. The molecule has 1 aromatic rings. The Kier molecular flexibility index (Phi) is 2.58. The number of nitrogens with zero attached hydrogens (tertiary/aromatic N) is 1. The first-order valence-corrected chi connectivity index (χ1v) is 6.25. The van der Waals surface area contributed by atoms with Crippen LogP contribution in [0, 0.1) is 5.41 Å². The molecule has 4 nitrogen and oxygen atoms in total. The first kappa shape index (κ1) is 11.3. The Morgan fingerprint density at radius 1 is 1.17 bits per heavy atom. The number of carbonyl (C=O) groups is 2. The normalized spacial score (nSPS) is 27.0. The molecule has 2 heterocycles. The second kappa shape index (κ2) is 4.12. The van der Waals surface area contributed by atoms with E-state index in [1.165, 1.54) is 0 Å². The fourth-order valence-corrected chi connectivity index (χ4v) is 2.92. The minimum atomic E-state index is -0.150. The second-order valence-electron chi connectivity index (χ2n) is 5.37. The van der Waals surface area contributed by atoms with Gasteiger partial charge in [0.25, 0.3) is 0 Å². The molecule has 3 rings (SSSR count). The molecule has 2 aliphatic heterocycles. The average molecular weight is 244 g/mol. The van der Waals surface area contributed by atoms with Crippen molar-refractivity contribution < 1.29 is 9.59 Å². The molecule has 0 aliphatic carbocycles. The number of amides is 2. The van der Waals surface area contributed by atoms with Crippen molar-refractivity contribution in [3.05, 3.63) is 35.9 Å². The molecule has 0 bridgehead atoms. The smallest absolute Gasteiger partial charge is 0.223 e. The third-order valence-corrected chi connectivity index (χ3v) is 3.82. The van der Waals surface area contributed by atoms with Crippen molar-refractivity contribution >= 4 is 11.8 Å². The molecule has 94 valence electrons. The number of carbonyl (C=O) groups excluding carboxylic acids is 2. The topological polar surface area (TPSA) is 49.4 Å². The lowest BCUT2D eigenvalue weighted by Gasteiger charge is -2.21. The molecular formula is C14H16N2O2. The third kappa shape index (κ3) is 1.98. The largest absolute Gasteiger partial charge is 0.355 e. The van der Waals surface area contributed by atoms with Crippen LogP contribution in [-0.2, 0) is 16.1 Å². The van der Waals surface area contributed by atoms with E-state index in [0.717, 1.165) is 5.56 Å². The van der Waals surface area contributed by atoms with Crippen molar-refractivity contribution in [1.29, 1.82) is 0 Å². The molecule has 1 spiro atoms. The van der Waals surface area contributed by atoms with Crippen molar-refractivity contribution in [3.8, 4) is 0 Å². The van der Waals surface area contributed by atoms with Gasteiger partial charge in [-0.1, -0.05) is 30.3 Å². The summed E-state index contributed by atoms with van der Waals surface area (Å²) in [6, 6.07) is 9.97. The number of hydrogen-bond acceptors (Lipinski definition) is 2. The quantitative estimate of drug-likeness (QED) is 0.841. The zero-order valence-electron chi connectivity index (χ0n) is 10.2. The Morgan fingerprint density at radius 2 is 1.94 bits per heavy atom. The molecule has 0 saturated carbocycles. The van der Waals surface area contributed by atoms with Gasteiger partial charge in [-0.15, -0.1) is 0 Å². The summed E-state index contributed by atoms with van der Waals surface area (Å²) in [6.07, 6.45) is 0.989. The SMILES string of the molecule is O=C1C[C@]2(CN1)CC(=O)N(Cc1ccccc1)C2. The molecule has 1 atom stereocenters. The molecule has 2 amide bonds. The van der Waals surface area contributed by atoms with Gasteiger partial charge in [-0.3, -0.25) is 9.59 Å². The monoisotopic (exact) mass is 244 g/mol. The Bertz CT molecular complexity index is 486. The van der Waals surface area contributed by atoms with Crippen LogP contribution in [0.2, 0.25) is 0 Å². The van der Waals surface area contributed by atoms with Crippen LogP contribution < -0.4 is 5.32 Å². The van der Waals surface area contributed by atoms with Crippen LogP contribution in [0.3, 0.4) is 0 Å². The zero-order valence-corrected chi connectivity index (χ0v) is 10.2. The molecule has 0 unspecified atom stereocenters. The van der Waals surface area contributed by atoms with E-state index in [1.54, 1.807) is 0 Å². The number of benzene rings is 1. The number of hydrogen-bond donors (Lipinski definition) is 1.